The summed E-state index contributed by atoms with van der Waals surface area (Å²) in [5.74, 6) is 0. The molecule has 0 amide bonds. The number of aryl methyl sites for hydroxylation is 1. The van der Waals surface area contributed by atoms with Crippen LogP contribution in [0.25, 0.3) is 10.9 Å². The van der Waals surface area contributed by atoms with Crippen LogP contribution in [0.4, 0.5) is 0 Å². The van der Waals surface area contributed by atoms with Gasteiger partial charge in [0.05, 0.1) is 11.2 Å². The van der Waals surface area contributed by atoms with E-state index in [0.717, 1.165) is 11.2 Å². The Hall–Kier alpha value is -1.41. The predicted octanol–water partition coefficient (Wildman–Crippen LogP) is 2.00. The highest BCUT2D eigenvalue weighted by Gasteiger charge is 1.99. The summed E-state index contributed by atoms with van der Waals surface area (Å²) >= 11 is 0. The predicted molar refractivity (Wildman–Crippen MR) is 54.4 cm³/mol. The van der Waals surface area contributed by atoms with Gasteiger partial charge in [-0.05, 0) is 24.6 Å². The Morgan fingerprint density at radius 3 is 2.85 bits per heavy atom. The quantitative estimate of drug-likeness (QED) is 0.714. The van der Waals surface area contributed by atoms with Crippen molar-refractivity contribution in [3.05, 3.63) is 41.6 Å². The van der Waals surface area contributed by atoms with Crippen LogP contribution in [0.3, 0.4) is 0 Å². The van der Waals surface area contributed by atoms with Crippen LogP contribution in [-0.4, -0.2) is 4.98 Å². The fourth-order valence-corrected chi connectivity index (χ4v) is 1.52. The summed E-state index contributed by atoms with van der Waals surface area (Å²) in [5, 5.41) is 1.21. The van der Waals surface area contributed by atoms with Gasteiger partial charge in [0.15, 0.2) is 0 Å². The number of fused-ring (bicyclic) bond motifs is 1. The van der Waals surface area contributed by atoms with Crippen molar-refractivity contribution >= 4 is 10.9 Å². The maximum Gasteiger partial charge on any atom is 0.0708 e. The molecule has 0 fully saturated rings. The standard InChI is InChI=1S/C11H12N2/c1-8-6-9(7-12)13-11-5-3-2-4-10(8)11/h2-6H,7,12H2,1H3. The molecular weight excluding hydrogens is 160 g/mol. The summed E-state index contributed by atoms with van der Waals surface area (Å²) in [4.78, 5) is 4.43. The number of pyridine rings is 1. The van der Waals surface area contributed by atoms with E-state index in [9.17, 15) is 0 Å². The third kappa shape index (κ3) is 1.40. The first-order chi connectivity index (χ1) is 6.31. The number of nitrogens with two attached hydrogens (primary N) is 1. The van der Waals surface area contributed by atoms with E-state index < -0.39 is 0 Å². The highest BCUT2D eigenvalue weighted by atomic mass is 14.7. The molecule has 0 radical (unpaired) electrons. The van der Waals surface area contributed by atoms with E-state index >= 15 is 0 Å². The molecule has 1 aromatic carbocycles. The Kier molecular flexibility index (Phi) is 1.99. The second-order valence-corrected chi connectivity index (χ2v) is 3.15. The second-order valence-electron chi connectivity index (χ2n) is 3.15. The Morgan fingerprint density at radius 2 is 2.08 bits per heavy atom. The van der Waals surface area contributed by atoms with Crippen LogP contribution in [0, 0.1) is 6.92 Å². The summed E-state index contributed by atoms with van der Waals surface area (Å²) in [5.41, 5.74) is 8.77. The van der Waals surface area contributed by atoms with Crippen molar-refractivity contribution in [2.24, 2.45) is 5.73 Å². The molecule has 1 aromatic heterocycles. The highest BCUT2D eigenvalue weighted by molar-refractivity contribution is 5.81. The molecule has 2 heteroatoms. The summed E-state index contributed by atoms with van der Waals surface area (Å²) in [7, 11) is 0. The van der Waals surface area contributed by atoms with E-state index in [-0.39, 0.29) is 0 Å². The third-order valence-electron chi connectivity index (χ3n) is 2.19. The summed E-state index contributed by atoms with van der Waals surface area (Å²) in [6.07, 6.45) is 0. The average Bonchev–Trinajstić information content (AvgIpc) is 2.18. The van der Waals surface area contributed by atoms with Gasteiger partial charge in [-0.1, -0.05) is 18.2 Å². The SMILES string of the molecule is Cc1cc(CN)nc2ccccc12. The molecule has 0 aliphatic carbocycles. The molecule has 0 unspecified atom stereocenters. The van der Waals surface area contributed by atoms with Crippen LogP contribution in [0.5, 0.6) is 0 Å². The molecule has 2 N–H and O–H groups in total. The number of nitrogens with zero attached hydrogens (tertiary/aromatic N) is 1. The lowest BCUT2D eigenvalue weighted by atomic mass is 10.1. The van der Waals surface area contributed by atoms with Crippen LogP contribution >= 0.6 is 0 Å². The number of hydrogen-bond acceptors (Lipinski definition) is 2. The molecule has 2 rings (SSSR count). The molecule has 1 heterocycles. The molecule has 0 aliphatic rings. The molecule has 0 aliphatic heterocycles. The van der Waals surface area contributed by atoms with Crippen molar-refractivity contribution < 1.29 is 0 Å². The zero-order chi connectivity index (χ0) is 9.26. The molecule has 0 bridgehead atoms. The van der Waals surface area contributed by atoms with E-state index in [1.807, 2.05) is 24.3 Å². The molecule has 0 saturated carbocycles. The lowest BCUT2D eigenvalue weighted by molar-refractivity contribution is 1.00. The number of rotatable bonds is 1. The van der Waals surface area contributed by atoms with Gasteiger partial charge in [0.1, 0.15) is 0 Å². The molecule has 0 spiro atoms. The average molecular weight is 172 g/mol. The third-order valence-corrected chi connectivity index (χ3v) is 2.19. The Balaban J connectivity index is 2.77. The lowest BCUT2D eigenvalue weighted by Crippen LogP contribution is -2.00. The molecule has 0 atom stereocenters. The number of para-hydroxylation sites is 1. The van der Waals surface area contributed by atoms with E-state index in [4.69, 9.17) is 5.73 Å². The van der Waals surface area contributed by atoms with Gasteiger partial charge in [-0.25, -0.2) is 0 Å². The largest absolute Gasteiger partial charge is 0.325 e. The molecule has 0 saturated heterocycles. The summed E-state index contributed by atoms with van der Waals surface area (Å²) in [6.45, 7) is 2.59. The van der Waals surface area contributed by atoms with E-state index in [2.05, 4.69) is 18.0 Å². The summed E-state index contributed by atoms with van der Waals surface area (Å²) < 4.78 is 0. The van der Waals surface area contributed by atoms with E-state index in [1.165, 1.54) is 10.9 Å². The van der Waals surface area contributed by atoms with Gasteiger partial charge in [-0.3, -0.25) is 4.98 Å². The van der Waals surface area contributed by atoms with Gasteiger partial charge in [-0.2, -0.15) is 0 Å². The molecule has 66 valence electrons. The number of benzene rings is 1. The van der Waals surface area contributed by atoms with Gasteiger partial charge in [0, 0.05) is 11.9 Å². The van der Waals surface area contributed by atoms with Crippen molar-refractivity contribution in [2.45, 2.75) is 13.5 Å². The maximum absolute atomic E-state index is 5.55. The van der Waals surface area contributed by atoms with Gasteiger partial charge in [0.25, 0.3) is 0 Å². The van der Waals surface area contributed by atoms with Gasteiger partial charge < -0.3 is 5.73 Å². The van der Waals surface area contributed by atoms with Crippen molar-refractivity contribution in [2.75, 3.05) is 0 Å². The fraction of sp³-hybridized carbons (Fsp3) is 0.182. The topological polar surface area (TPSA) is 38.9 Å². The Labute approximate surface area is 77.4 Å². The first kappa shape index (κ1) is 8.20. The normalized spacial score (nSPS) is 10.6. The first-order valence-corrected chi connectivity index (χ1v) is 4.36. The van der Waals surface area contributed by atoms with E-state index in [0.29, 0.717) is 6.54 Å². The van der Waals surface area contributed by atoms with Gasteiger partial charge in [0.2, 0.25) is 0 Å². The van der Waals surface area contributed by atoms with Crippen molar-refractivity contribution in [1.82, 2.24) is 4.98 Å². The summed E-state index contributed by atoms with van der Waals surface area (Å²) in [6, 6.07) is 10.2. The van der Waals surface area contributed by atoms with Crippen LogP contribution in [0.1, 0.15) is 11.3 Å². The van der Waals surface area contributed by atoms with Crippen LogP contribution < -0.4 is 5.73 Å². The molecule has 13 heavy (non-hydrogen) atoms. The molecule has 2 nitrogen and oxygen atoms in total. The maximum atomic E-state index is 5.55. The Morgan fingerprint density at radius 1 is 1.31 bits per heavy atom. The highest BCUT2D eigenvalue weighted by Crippen LogP contribution is 2.16. The first-order valence-electron chi connectivity index (χ1n) is 4.36. The lowest BCUT2D eigenvalue weighted by Gasteiger charge is -2.03. The van der Waals surface area contributed by atoms with Crippen molar-refractivity contribution in [3.8, 4) is 0 Å². The van der Waals surface area contributed by atoms with Crippen LogP contribution in [-0.2, 0) is 6.54 Å². The number of aromatic nitrogens is 1. The monoisotopic (exact) mass is 172 g/mol. The smallest absolute Gasteiger partial charge is 0.0708 e. The molecular formula is C11H12N2. The molecule has 2 aromatic rings. The van der Waals surface area contributed by atoms with Crippen LogP contribution in [0.2, 0.25) is 0 Å². The zero-order valence-electron chi connectivity index (χ0n) is 7.62. The fourth-order valence-electron chi connectivity index (χ4n) is 1.52. The zero-order valence-corrected chi connectivity index (χ0v) is 7.62. The van der Waals surface area contributed by atoms with Gasteiger partial charge in [-0.15, -0.1) is 0 Å². The Bertz CT molecular complexity index is 435. The minimum Gasteiger partial charge on any atom is -0.325 e. The van der Waals surface area contributed by atoms with E-state index in [1.54, 1.807) is 0 Å². The van der Waals surface area contributed by atoms with Gasteiger partial charge >= 0.3 is 0 Å². The second kappa shape index (κ2) is 3.15. The minimum absolute atomic E-state index is 0.506. The van der Waals surface area contributed by atoms with Crippen molar-refractivity contribution in [3.63, 3.8) is 0 Å². The number of hydrogen-bond donors (Lipinski definition) is 1. The minimum atomic E-state index is 0.506. The van der Waals surface area contributed by atoms with Crippen molar-refractivity contribution in [1.29, 1.82) is 0 Å². The van der Waals surface area contributed by atoms with Crippen LogP contribution in [0.15, 0.2) is 30.3 Å².